The summed E-state index contributed by atoms with van der Waals surface area (Å²) in [6.45, 7) is 0.152. The number of hydrogen-bond donors (Lipinski definition) is 1. The van der Waals surface area contributed by atoms with Crippen molar-refractivity contribution in [1.82, 2.24) is 24.5 Å². The number of benzene rings is 2. The maximum atomic E-state index is 13.5. The standard InChI is InChI=1S/C26H23FN6O6/c1-36-13-17-21(14-5-7-16(27)8-6-14)24-29-28-22-18(33(24)30-17)9-10-32(26(22)35)31-25(34)15-11-19(37-2)23(39-4)20(12-15)38-3/h5-12H,13H2,1-4H3,(H,31,34). The summed E-state index contributed by atoms with van der Waals surface area (Å²) in [5.41, 5.74) is 4.55. The normalized spacial score (nSPS) is 11.1. The van der Waals surface area contributed by atoms with Gasteiger partial charge in [-0.2, -0.15) is 5.10 Å². The Kier molecular flexibility index (Phi) is 6.81. The number of pyridine rings is 1. The Morgan fingerprint density at radius 3 is 2.28 bits per heavy atom. The third kappa shape index (κ3) is 4.48. The number of hydrogen-bond acceptors (Lipinski definition) is 9. The Hall–Kier alpha value is -5.04. The molecule has 200 valence electrons. The largest absolute Gasteiger partial charge is 0.493 e. The lowest BCUT2D eigenvalue weighted by molar-refractivity contribution is 0.101. The number of aromatic nitrogens is 5. The minimum atomic E-state index is -0.630. The first kappa shape index (κ1) is 25.6. The highest BCUT2D eigenvalue weighted by atomic mass is 19.1. The lowest BCUT2D eigenvalue weighted by Gasteiger charge is -2.14. The molecule has 0 saturated heterocycles. The second kappa shape index (κ2) is 10.4. The first-order valence-electron chi connectivity index (χ1n) is 11.6. The van der Waals surface area contributed by atoms with E-state index in [-0.39, 0.29) is 35.0 Å². The van der Waals surface area contributed by atoms with Crippen LogP contribution in [0.1, 0.15) is 16.1 Å². The number of methoxy groups -OCH3 is 4. The van der Waals surface area contributed by atoms with Gasteiger partial charge in [-0.3, -0.25) is 15.0 Å². The van der Waals surface area contributed by atoms with Crippen LogP contribution >= 0.6 is 0 Å². The maximum Gasteiger partial charge on any atom is 0.299 e. The number of fused-ring (bicyclic) bond motifs is 3. The fraction of sp³-hybridized carbons (Fsp3) is 0.192. The van der Waals surface area contributed by atoms with E-state index in [1.807, 2.05) is 0 Å². The highest BCUT2D eigenvalue weighted by molar-refractivity contribution is 6.01. The van der Waals surface area contributed by atoms with Gasteiger partial charge in [-0.05, 0) is 35.9 Å². The third-order valence-electron chi connectivity index (χ3n) is 6.01. The van der Waals surface area contributed by atoms with Crippen LogP contribution in [0, 0.1) is 5.82 Å². The summed E-state index contributed by atoms with van der Waals surface area (Å²) in [5.74, 6) is -0.1000. The highest BCUT2D eigenvalue weighted by Crippen LogP contribution is 2.38. The van der Waals surface area contributed by atoms with E-state index in [9.17, 15) is 14.0 Å². The van der Waals surface area contributed by atoms with Crippen molar-refractivity contribution >= 4 is 22.6 Å². The molecule has 0 bridgehead atoms. The zero-order valence-electron chi connectivity index (χ0n) is 21.4. The molecule has 1 amide bonds. The smallest absolute Gasteiger partial charge is 0.299 e. The molecule has 5 rings (SSSR count). The molecule has 0 atom stereocenters. The van der Waals surface area contributed by atoms with Crippen molar-refractivity contribution in [2.45, 2.75) is 6.61 Å². The summed E-state index contributed by atoms with van der Waals surface area (Å²) in [7, 11) is 5.84. The van der Waals surface area contributed by atoms with Gasteiger partial charge in [0.1, 0.15) is 11.3 Å². The van der Waals surface area contributed by atoms with Gasteiger partial charge in [0.15, 0.2) is 22.7 Å². The minimum absolute atomic E-state index is 0.0349. The molecule has 13 heteroatoms. The lowest BCUT2D eigenvalue weighted by Crippen LogP contribution is -2.33. The molecule has 5 aromatic rings. The third-order valence-corrected chi connectivity index (χ3v) is 6.01. The van der Waals surface area contributed by atoms with E-state index in [0.717, 1.165) is 4.68 Å². The molecular formula is C26H23FN6O6. The summed E-state index contributed by atoms with van der Waals surface area (Å²) in [6, 6.07) is 10.4. The fourth-order valence-corrected chi connectivity index (χ4v) is 4.22. The zero-order chi connectivity index (χ0) is 27.7. The molecule has 1 N–H and O–H groups in total. The Balaban J connectivity index is 1.57. The van der Waals surface area contributed by atoms with E-state index in [1.54, 1.807) is 18.2 Å². The monoisotopic (exact) mass is 534 g/mol. The summed E-state index contributed by atoms with van der Waals surface area (Å²) >= 11 is 0. The van der Waals surface area contributed by atoms with Crippen molar-refractivity contribution in [3.8, 4) is 28.4 Å². The van der Waals surface area contributed by atoms with Crippen molar-refractivity contribution in [2.75, 3.05) is 33.9 Å². The molecule has 0 aliphatic carbocycles. The van der Waals surface area contributed by atoms with Gasteiger partial charge in [0.25, 0.3) is 11.5 Å². The number of nitrogens with zero attached hydrogens (tertiary/aromatic N) is 5. The average molecular weight is 535 g/mol. The summed E-state index contributed by atoms with van der Waals surface area (Å²) in [4.78, 5) is 26.3. The second-order valence-corrected chi connectivity index (χ2v) is 8.28. The maximum absolute atomic E-state index is 13.5. The van der Waals surface area contributed by atoms with Crippen LogP contribution in [0.4, 0.5) is 4.39 Å². The van der Waals surface area contributed by atoms with Crippen LogP contribution in [-0.2, 0) is 11.3 Å². The predicted molar refractivity (Wildman–Crippen MR) is 138 cm³/mol. The first-order chi connectivity index (χ1) is 18.9. The summed E-state index contributed by atoms with van der Waals surface area (Å²) in [6.07, 6.45) is 1.39. The Labute approximate surface area is 220 Å². The van der Waals surface area contributed by atoms with Crippen LogP contribution in [0.25, 0.3) is 27.8 Å². The van der Waals surface area contributed by atoms with E-state index in [1.165, 1.54) is 63.4 Å². The molecule has 0 aliphatic rings. The number of carbonyl (C=O) groups excluding carboxylic acids is 1. The zero-order valence-corrected chi connectivity index (χ0v) is 21.4. The van der Waals surface area contributed by atoms with Crippen LogP contribution in [0.15, 0.2) is 53.5 Å². The second-order valence-electron chi connectivity index (χ2n) is 8.28. The molecule has 2 aromatic carbocycles. The van der Waals surface area contributed by atoms with Crippen LogP contribution < -0.4 is 25.2 Å². The van der Waals surface area contributed by atoms with Crippen LogP contribution in [-0.4, -0.2) is 58.8 Å². The molecule has 39 heavy (non-hydrogen) atoms. The van der Waals surface area contributed by atoms with E-state index < -0.39 is 11.5 Å². The predicted octanol–water partition coefficient (Wildman–Crippen LogP) is 2.80. The molecule has 0 saturated carbocycles. The van der Waals surface area contributed by atoms with Gasteiger partial charge in [-0.15, -0.1) is 10.2 Å². The van der Waals surface area contributed by atoms with Crippen molar-refractivity contribution < 1.29 is 28.1 Å². The minimum Gasteiger partial charge on any atom is -0.493 e. The molecule has 0 aliphatic heterocycles. The van der Waals surface area contributed by atoms with E-state index in [4.69, 9.17) is 18.9 Å². The van der Waals surface area contributed by atoms with E-state index >= 15 is 0 Å². The van der Waals surface area contributed by atoms with Gasteiger partial charge >= 0.3 is 0 Å². The summed E-state index contributed by atoms with van der Waals surface area (Å²) in [5, 5.41) is 13.0. The van der Waals surface area contributed by atoms with Gasteiger partial charge in [-0.1, -0.05) is 12.1 Å². The first-order valence-corrected chi connectivity index (χ1v) is 11.6. The summed E-state index contributed by atoms with van der Waals surface area (Å²) < 4.78 is 37.2. The number of halogens is 1. The fourth-order valence-electron chi connectivity index (χ4n) is 4.22. The Bertz CT molecular complexity index is 1740. The lowest BCUT2D eigenvalue weighted by atomic mass is 10.1. The molecular weight excluding hydrogens is 511 g/mol. The molecule has 0 unspecified atom stereocenters. The Morgan fingerprint density at radius 1 is 0.974 bits per heavy atom. The topological polar surface area (TPSA) is 131 Å². The number of ether oxygens (including phenoxy) is 4. The van der Waals surface area contributed by atoms with Gasteiger partial charge in [0.05, 0.1) is 39.2 Å². The Morgan fingerprint density at radius 2 is 1.67 bits per heavy atom. The molecule has 3 heterocycles. The number of carbonyl (C=O) groups is 1. The molecule has 12 nitrogen and oxygen atoms in total. The number of rotatable bonds is 8. The van der Waals surface area contributed by atoms with E-state index in [0.29, 0.717) is 33.7 Å². The molecule has 0 fully saturated rings. The van der Waals surface area contributed by atoms with Crippen molar-refractivity contribution in [1.29, 1.82) is 0 Å². The van der Waals surface area contributed by atoms with Gasteiger partial charge in [0, 0.05) is 18.9 Å². The molecule has 0 spiro atoms. The SMILES string of the molecule is COCc1nn2c(nnc3c(=O)n(NC(=O)c4cc(OC)c(OC)c(OC)c4)ccc32)c1-c1ccc(F)cc1. The quantitative estimate of drug-likeness (QED) is 0.319. The van der Waals surface area contributed by atoms with Crippen LogP contribution in [0.3, 0.4) is 0 Å². The van der Waals surface area contributed by atoms with Crippen molar-refractivity contribution in [2.24, 2.45) is 0 Å². The van der Waals surface area contributed by atoms with Crippen LogP contribution in [0.2, 0.25) is 0 Å². The van der Waals surface area contributed by atoms with E-state index in [2.05, 4.69) is 20.7 Å². The van der Waals surface area contributed by atoms with Gasteiger partial charge in [-0.25, -0.2) is 13.6 Å². The van der Waals surface area contributed by atoms with Crippen molar-refractivity contribution in [3.63, 3.8) is 0 Å². The van der Waals surface area contributed by atoms with Gasteiger partial charge < -0.3 is 18.9 Å². The number of nitrogens with one attached hydrogen (secondary N) is 1. The number of amides is 1. The molecule has 0 radical (unpaired) electrons. The van der Waals surface area contributed by atoms with Crippen LogP contribution in [0.5, 0.6) is 17.2 Å². The average Bonchev–Trinajstić information content (AvgIpc) is 3.32. The van der Waals surface area contributed by atoms with Crippen molar-refractivity contribution in [3.05, 3.63) is 76.1 Å². The van der Waals surface area contributed by atoms with Gasteiger partial charge in [0.2, 0.25) is 5.75 Å². The molecule has 3 aromatic heterocycles. The highest BCUT2D eigenvalue weighted by Gasteiger charge is 2.21.